The highest BCUT2D eigenvalue weighted by Gasteiger charge is 2.64. The topological polar surface area (TPSA) is 65.1 Å². The average Bonchev–Trinajstić information content (AvgIpc) is 3.30. The number of nitrogens with one attached hydrogen (secondary N) is 1. The standard InChI is InChI=1S/C25H38N4O3/c1-4-20-7-6-8-21(17-20)26-23(31)29-12-9-24(10-13-29)18-27(15-16-32-3)19-25(24)11-14-28(5-2)22(25)30/h6-8,17H,4-5,9-16,18-19H2,1-3H3,(H,26,31). The molecule has 1 unspecified atom stereocenters. The number of aryl methyl sites for hydroxylation is 1. The molecule has 1 aromatic rings. The predicted molar refractivity (Wildman–Crippen MR) is 126 cm³/mol. The Bertz CT molecular complexity index is 836. The Labute approximate surface area is 192 Å². The van der Waals surface area contributed by atoms with E-state index in [-0.39, 0.29) is 16.9 Å². The summed E-state index contributed by atoms with van der Waals surface area (Å²) in [5.41, 5.74) is 1.70. The van der Waals surface area contributed by atoms with Crippen molar-refractivity contribution in [3.63, 3.8) is 0 Å². The lowest BCUT2D eigenvalue weighted by Gasteiger charge is -2.47. The highest BCUT2D eigenvalue weighted by molar-refractivity contribution is 5.90. The number of ether oxygens (including phenoxy) is 1. The van der Waals surface area contributed by atoms with Crippen molar-refractivity contribution in [3.8, 4) is 0 Å². The van der Waals surface area contributed by atoms with E-state index in [4.69, 9.17) is 4.74 Å². The number of urea groups is 1. The van der Waals surface area contributed by atoms with E-state index < -0.39 is 0 Å². The largest absolute Gasteiger partial charge is 0.383 e. The van der Waals surface area contributed by atoms with Crippen LogP contribution in [0.25, 0.3) is 0 Å². The van der Waals surface area contributed by atoms with Gasteiger partial charge in [-0.2, -0.15) is 0 Å². The molecule has 3 amide bonds. The average molecular weight is 443 g/mol. The molecule has 3 aliphatic rings. The molecule has 0 saturated carbocycles. The zero-order valence-corrected chi connectivity index (χ0v) is 19.9. The summed E-state index contributed by atoms with van der Waals surface area (Å²) in [5.74, 6) is 0.328. The molecule has 4 rings (SSSR count). The molecule has 0 aromatic heterocycles. The van der Waals surface area contributed by atoms with Gasteiger partial charge in [-0.3, -0.25) is 9.69 Å². The predicted octanol–water partition coefficient (Wildman–Crippen LogP) is 3.06. The Balaban J connectivity index is 1.46. The summed E-state index contributed by atoms with van der Waals surface area (Å²) < 4.78 is 5.32. The number of fused-ring (bicyclic) bond motifs is 1. The molecular weight excluding hydrogens is 404 g/mol. The van der Waals surface area contributed by atoms with Crippen molar-refractivity contribution >= 4 is 17.6 Å². The van der Waals surface area contributed by atoms with Gasteiger partial charge in [0.25, 0.3) is 0 Å². The fraction of sp³-hybridized carbons (Fsp3) is 0.680. The van der Waals surface area contributed by atoms with Crippen LogP contribution in [0.4, 0.5) is 10.5 Å². The molecule has 7 nitrogen and oxygen atoms in total. The molecule has 176 valence electrons. The van der Waals surface area contributed by atoms with Gasteiger partial charge in [0.1, 0.15) is 0 Å². The van der Waals surface area contributed by atoms with Crippen molar-refractivity contribution in [1.82, 2.24) is 14.7 Å². The number of anilines is 1. The lowest BCUT2D eigenvalue weighted by Crippen LogP contribution is -2.54. The van der Waals surface area contributed by atoms with Gasteiger partial charge >= 0.3 is 6.03 Å². The number of amides is 3. The lowest BCUT2D eigenvalue weighted by molar-refractivity contribution is -0.141. The summed E-state index contributed by atoms with van der Waals surface area (Å²) in [6.07, 6.45) is 3.63. The minimum atomic E-state index is -0.311. The molecule has 3 fully saturated rings. The first-order valence-corrected chi connectivity index (χ1v) is 12.1. The van der Waals surface area contributed by atoms with Crippen LogP contribution < -0.4 is 5.32 Å². The monoisotopic (exact) mass is 442 g/mol. The number of hydrogen-bond donors (Lipinski definition) is 1. The van der Waals surface area contributed by atoms with Crippen LogP contribution in [0, 0.1) is 10.8 Å². The highest BCUT2D eigenvalue weighted by atomic mass is 16.5. The Morgan fingerprint density at radius 3 is 2.56 bits per heavy atom. The second-order valence-corrected chi connectivity index (χ2v) is 9.67. The van der Waals surface area contributed by atoms with Crippen LogP contribution in [0.15, 0.2) is 24.3 Å². The number of hydrogen-bond acceptors (Lipinski definition) is 4. The number of methoxy groups -OCH3 is 1. The van der Waals surface area contributed by atoms with Crippen molar-refractivity contribution in [3.05, 3.63) is 29.8 Å². The third-order valence-electron chi connectivity index (χ3n) is 8.13. The van der Waals surface area contributed by atoms with Crippen molar-refractivity contribution in [1.29, 1.82) is 0 Å². The van der Waals surface area contributed by atoms with Crippen LogP contribution in [0.5, 0.6) is 0 Å². The molecule has 0 bridgehead atoms. The number of carbonyl (C=O) groups is 2. The van der Waals surface area contributed by atoms with E-state index in [2.05, 4.69) is 30.1 Å². The summed E-state index contributed by atoms with van der Waals surface area (Å²) in [5, 5.41) is 3.07. The Kier molecular flexibility index (Phi) is 6.77. The normalized spacial score (nSPS) is 25.3. The fourth-order valence-corrected chi connectivity index (χ4v) is 6.19. The van der Waals surface area contributed by atoms with Crippen LogP contribution in [-0.4, -0.2) is 86.2 Å². The zero-order valence-electron chi connectivity index (χ0n) is 19.9. The number of carbonyl (C=O) groups excluding carboxylic acids is 2. The molecule has 7 heteroatoms. The summed E-state index contributed by atoms with van der Waals surface area (Å²) in [6, 6.07) is 8.01. The van der Waals surface area contributed by atoms with Gasteiger partial charge in [-0.1, -0.05) is 19.1 Å². The van der Waals surface area contributed by atoms with Gasteiger partial charge in [-0.25, -0.2) is 4.79 Å². The maximum absolute atomic E-state index is 13.5. The summed E-state index contributed by atoms with van der Waals surface area (Å²) in [4.78, 5) is 32.9. The van der Waals surface area contributed by atoms with E-state index in [1.165, 1.54) is 5.56 Å². The van der Waals surface area contributed by atoms with E-state index in [0.29, 0.717) is 25.6 Å². The molecule has 1 aromatic carbocycles. The summed E-state index contributed by atoms with van der Waals surface area (Å²) >= 11 is 0. The van der Waals surface area contributed by atoms with E-state index in [9.17, 15) is 9.59 Å². The van der Waals surface area contributed by atoms with Crippen LogP contribution in [0.3, 0.4) is 0 Å². The SMILES string of the molecule is CCc1cccc(NC(=O)N2CCC3(CC2)CN(CCOC)CC32CCN(CC)C2=O)c1. The summed E-state index contributed by atoms with van der Waals surface area (Å²) in [7, 11) is 1.73. The van der Waals surface area contributed by atoms with Crippen LogP contribution >= 0.6 is 0 Å². The molecule has 3 aliphatic heterocycles. The second-order valence-electron chi connectivity index (χ2n) is 9.67. The van der Waals surface area contributed by atoms with Crippen LogP contribution in [-0.2, 0) is 16.0 Å². The van der Waals surface area contributed by atoms with Gasteiger partial charge in [0.15, 0.2) is 0 Å². The van der Waals surface area contributed by atoms with Crippen molar-refractivity contribution in [2.45, 2.75) is 39.5 Å². The molecular formula is C25H38N4O3. The van der Waals surface area contributed by atoms with Gasteiger partial charge in [-0.15, -0.1) is 0 Å². The first-order valence-electron chi connectivity index (χ1n) is 12.1. The third kappa shape index (κ3) is 4.01. The third-order valence-corrected chi connectivity index (χ3v) is 8.13. The van der Waals surface area contributed by atoms with Crippen molar-refractivity contribution in [2.24, 2.45) is 10.8 Å². The molecule has 1 atom stereocenters. The highest BCUT2D eigenvalue weighted by Crippen LogP contribution is 2.57. The molecule has 0 aliphatic carbocycles. The molecule has 2 spiro atoms. The van der Waals surface area contributed by atoms with Crippen molar-refractivity contribution < 1.29 is 14.3 Å². The lowest BCUT2D eigenvalue weighted by atomic mass is 9.60. The Hall–Kier alpha value is -2.12. The maximum atomic E-state index is 13.5. The molecule has 32 heavy (non-hydrogen) atoms. The first-order chi connectivity index (χ1) is 15.5. The van der Waals surface area contributed by atoms with E-state index >= 15 is 0 Å². The van der Waals surface area contributed by atoms with Gasteiger partial charge in [0, 0.05) is 64.0 Å². The number of nitrogens with zero attached hydrogens (tertiary/aromatic N) is 3. The number of rotatable bonds is 6. The molecule has 3 heterocycles. The van der Waals surface area contributed by atoms with Gasteiger partial charge in [0.2, 0.25) is 5.91 Å². The quantitative estimate of drug-likeness (QED) is 0.735. The second kappa shape index (κ2) is 9.40. The minimum Gasteiger partial charge on any atom is -0.383 e. The van der Waals surface area contributed by atoms with Crippen LogP contribution in [0.2, 0.25) is 0 Å². The van der Waals surface area contributed by atoms with Gasteiger partial charge < -0.3 is 19.9 Å². The van der Waals surface area contributed by atoms with E-state index in [1.807, 2.05) is 28.0 Å². The Morgan fingerprint density at radius 1 is 1.12 bits per heavy atom. The number of benzene rings is 1. The van der Waals surface area contributed by atoms with Crippen LogP contribution in [0.1, 0.15) is 38.7 Å². The number of likely N-dealkylation sites (tertiary alicyclic amines) is 3. The van der Waals surface area contributed by atoms with E-state index in [1.54, 1.807) is 7.11 Å². The number of piperidine rings is 1. The summed E-state index contributed by atoms with van der Waals surface area (Å²) in [6.45, 7) is 10.5. The molecule has 0 radical (unpaired) electrons. The zero-order chi connectivity index (χ0) is 22.8. The molecule has 1 N–H and O–H groups in total. The smallest absolute Gasteiger partial charge is 0.321 e. The fourth-order valence-electron chi connectivity index (χ4n) is 6.19. The molecule has 3 saturated heterocycles. The van der Waals surface area contributed by atoms with Gasteiger partial charge in [-0.05, 0) is 50.3 Å². The van der Waals surface area contributed by atoms with E-state index in [0.717, 1.165) is 64.1 Å². The van der Waals surface area contributed by atoms with Crippen molar-refractivity contribution in [2.75, 3.05) is 64.8 Å². The first kappa shape index (κ1) is 23.1. The Morgan fingerprint density at radius 2 is 1.91 bits per heavy atom. The maximum Gasteiger partial charge on any atom is 0.321 e. The van der Waals surface area contributed by atoms with Gasteiger partial charge in [0.05, 0.1) is 12.0 Å². The minimum absolute atomic E-state index is 0.0377.